The van der Waals surface area contributed by atoms with Crippen molar-refractivity contribution in [3.63, 3.8) is 0 Å². The average molecular weight is 461 g/mol. The maximum atomic E-state index is 14.7. The van der Waals surface area contributed by atoms with Crippen LogP contribution in [0.15, 0.2) is 28.6 Å². The normalized spacial score (nSPS) is 23.6. The van der Waals surface area contributed by atoms with Gasteiger partial charge < -0.3 is 10.4 Å². The van der Waals surface area contributed by atoms with Gasteiger partial charge in [0.1, 0.15) is 10.7 Å². The molecule has 1 aliphatic heterocycles. The molecule has 0 unspecified atom stereocenters. The molecule has 0 spiro atoms. The third kappa shape index (κ3) is 4.51. The first-order valence-electron chi connectivity index (χ1n) is 9.43. The molecule has 1 aliphatic carbocycles. The van der Waals surface area contributed by atoms with E-state index in [0.717, 1.165) is 49.2 Å². The van der Waals surface area contributed by atoms with Crippen LogP contribution in [0.2, 0.25) is 5.02 Å². The minimum atomic E-state index is -4.14. The van der Waals surface area contributed by atoms with Gasteiger partial charge in [-0.2, -0.15) is 0 Å². The van der Waals surface area contributed by atoms with Gasteiger partial charge in [0.05, 0.1) is 16.8 Å². The Morgan fingerprint density at radius 1 is 1.28 bits per heavy atom. The largest absolute Gasteiger partial charge is 0.390 e. The number of nitrogens with zero attached hydrogens (tertiary/aromatic N) is 2. The summed E-state index contributed by atoms with van der Waals surface area (Å²) in [5.41, 5.74) is 0.371. The van der Waals surface area contributed by atoms with Crippen LogP contribution >= 0.6 is 22.9 Å². The smallest absolute Gasteiger partial charge is 0.266 e. The Bertz CT molecular complexity index is 968. The second kappa shape index (κ2) is 8.35. The van der Waals surface area contributed by atoms with E-state index in [1.807, 2.05) is 0 Å². The van der Waals surface area contributed by atoms with Gasteiger partial charge in [-0.25, -0.2) is 17.8 Å². The topological polar surface area (TPSA) is 94.6 Å². The van der Waals surface area contributed by atoms with Crippen LogP contribution in [-0.2, 0) is 10.0 Å². The standard InChI is InChI=1S/C18H22ClFN4O3S2/c19-12-7-17(29(26,27)23-18-21-5-6-28-18)13(20)8-15(12)22-14-3-1-2-4-16(14)24-9-11(25)10-24/h5-8,11,14,16,22,25H,1-4,9-10H2,(H,21,23)/t14-,16-/m0/s1. The summed E-state index contributed by atoms with van der Waals surface area (Å²) < 4.78 is 42.0. The van der Waals surface area contributed by atoms with Crippen molar-refractivity contribution in [2.24, 2.45) is 0 Å². The zero-order chi connectivity index (χ0) is 20.6. The van der Waals surface area contributed by atoms with Gasteiger partial charge in [-0.1, -0.05) is 24.4 Å². The molecule has 2 atom stereocenters. The second-order valence-corrected chi connectivity index (χ2v) is 10.4. The summed E-state index contributed by atoms with van der Waals surface area (Å²) in [6, 6.07) is 2.56. The fourth-order valence-corrected chi connectivity index (χ4v) is 6.12. The van der Waals surface area contributed by atoms with E-state index in [2.05, 4.69) is 19.9 Å². The number of thiazole rings is 1. The molecule has 7 nitrogen and oxygen atoms in total. The molecule has 4 rings (SSSR count). The number of anilines is 2. The first-order chi connectivity index (χ1) is 13.8. The van der Waals surface area contributed by atoms with Crippen LogP contribution in [0.1, 0.15) is 25.7 Å². The molecular weight excluding hydrogens is 439 g/mol. The highest BCUT2D eigenvalue weighted by Crippen LogP contribution is 2.34. The van der Waals surface area contributed by atoms with Gasteiger partial charge in [0.2, 0.25) is 0 Å². The lowest BCUT2D eigenvalue weighted by atomic mass is 9.87. The Labute approximate surface area is 178 Å². The van der Waals surface area contributed by atoms with E-state index in [-0.39, 0.29) is 28.3 Å². The average Bonchev–Trinajstić information content (AvgIpc) is 3.14. The molecule has 158 valence electrons. The van der Waals surface area contributed by atoms with Crippen molar-refractivity contribution < 1.29 is 17.9 Å². The van der Waals surface area contributed by atoms with Crippen LogP contribution in [0.5, 0.6) is 0 Å². The zero-order valence-corrected chi connectivity index (χ0v) is 17.9. The highest BCUT2D eigenvalue weighted by atomic mass is 35.5. The minimum absolute atomic E-state index is 0.0593. The summed E-state index contributed by atoms with van der Waals surface area (Å²) in [7, 11) is -4.14. The van der Waals surface area contributed by atoms with E-state index < -0.39 is 20.7 Å². The summed E-state index contributed by atoms with van der Waals surface area (Å²) in [6.45, 7) is 1.29. The number of sulfonamides is 1. The number of aromatic nitrogens is 1. The lowest BCUT2D eigenvalue weighted by Gasteiger charge is -2.47. The molecule has 2 aromatic rings. The molecule has 2 aliphatic rings. The monoisotopic (exact) mass is 460 g/mol. The van der Waals surface area contributed by atoms with Gasteiger partial charge in [0.15, 0.2) is 5.13 Å². The first-order valence-corrected chi connectivity index (χ1v) is 12.2. The van der Waals surface area contributed by atoms with Gasteiger partial charge in [0.25, 0.3) is 10.0 Å². The van der Waals surface area contributed by atoms with Crippen molar-refractivity contribution in [2.45, 2.75) is 48.8 Å². The third-order valence-electron chi connectivity index (χ3n) is 5.39. The lowest BCUT2D eigenvalue weighted by Crippen LogP contribution is -2.60. The van der Waals surface area contributed by atoms with E-state index in [4.69, 9.17) is 11.6 Å². The van der Waals surface area contributed by atoms with Crippen LogP contribution in [0, 0.1) is 5.82 Å². The number of β-amino-alcohol motifs (C(OH)–C–C–N with tert-alkyl or cyclic N) is 1. The van der Waals surface area contributed by atoms with Crippen LogP contribution in [0.25, 0.3) is 0 Å². The van der Waals surface area contributed by atoms with E-state index in [1.165, 1.54) is 6.20 Å². The fourth-order valence-electron chi connectivity index (χ4n) is 3.96. The lowest BCUT2D eigenvalue weighted by molar-refractivity contribution is -0.0361. The maximum Gasteiger partial charge on any atom is 0.266 e. The van der Waals surface area contributed by atoms with Gasteiger partial charge in [-0.05, 0) is 25.0 Å². The minimum Gasteiger partial charge on any atom is -0.390 e. The molecule has 2 heterocycles. The van der Waals surface area contributed by atoms with Gasteiger partial charge in [-0.15, -0.1) is 11.3 Å². The Balaban J connectivity index is 1.53. The van der Waals surface area contributed by atoms with E-state index in [9.17, 15) is 17.9 Å². The second-order valence-electron chi connectivity index (χ2n) is 7.42. The predicted molar refractivity (Wildman–Crippen MR) is 112 cm³/mol. The summed E-state index contributed by atoms with van der Waals surface area (Å²) in [5.74, 6) is -0.882. The Hall–Kier alpha value is -1.46. The SMILES string of the molecule is O=S(=O)(Nc1nccs1)c1cc(Cl)c(N[C@H]2CCCC[C@@H]2N2CC(O)C2)cc1F. The molecule has 29 heavy (non-hydrogen) atoms. The van der Waals surface area contributed by atoms with E-state index in [0.29, 0.717) is 18.8 Å². The van der Waals surface area contributed by atoms with Crippen molar-refractivity contribution >= 4 is 43.8 Å². The molecule has 2 fully saturated rings. The number of hydrogen-bond acceptors (Lipinski definition) is 7. The Kier molecular flexibility index (Phi) is 5.99. The van der Waals surface area contributed by atoms with Gasteiger partial charge in [-0.3, -0.25) is 9.62 Å². The predicted octanol–water partition coefficient (Wildman–Crippen LogP) is 3.14. The molecule has 0 radical (unpaired) electrons. The van der Waals surface area contributed by atoms with Crippen molar-refractivity contribution in [3.8, 4) is 0 Å². The van der Waals surface area contributed by atoms with Crippen LogP contribution in [0.4, 0.5) is 15.2 Å². The van der Waals surface area contributed by atoms with Crippen molar-refractivity contribution in [3.05, 3.63) is 34.5 Å². The number of hydrogen-bond donors (Lipinski definition) is 3. The number of halogens is 2. The number of aliphatic hydroxyl groups is 1. The summed E-state index contributed by atoms with van der Waals surface area (Å²) >= 11 is 7.42. The summed E-state index contributed by atoms with van der Waals surface area (Å²) in [4.78, 5) is 5.56. The fraction of sp³-hybridized carbons (Fsp3) is 0.500. The molecule has 3 N–H and O–H groups in total. The third-order valence-corrected chi connectivity index (χ3v) is 7.88. The molecule has 11 heteroatoms. The van der Waals surface area contributed by atoms with Crippen molar-refractivity contribution in [1.29, 1.82) is 0 Å². The highest BCUT2D eigenvalue weighted by Gasteiger charge is 2.37. The quantitative estimate of drug-likeness (QED) is 0.613. The number of rotatable bonds is 6. The molecule has 0 bridgehead atoms. The van der Waals surface area contributed by atoms with Crippen LogP contribution in [-0.4, -0.2) is 54.7 Å². The van der Waals surface area contributed by atoms with E-state index in [1.54, 1.807) is 5.38 Å². The number of nitrogens with one attached hydrogen (secondary N) is 2. The molecule has 1 saturated carbocycles. The molecular formula is C18H22ClFN4O3S2. The van der Waals surface area contributed by atoms with Gasteiger partial charge >= 0.3 is 0 Å². The van der Waals surface area contributed by atoms with Crippen molar-refractivity contribution in [2.75, 3.05) is 23.1 Å². The summed E-state index contributed by atoms with van der Waals surface area (Å²) in [6.07, 6.45) is 5.23. The molecule has 1 saturated heterocycles. The zero-order valence-electron chi connectivity index (χ0n) is 15.5. The van der Waals surface area contributed by atoms with Crippen LogP contribution < -0.4 is 10.0 Å². The molecule has 0 amide bonds. The number of benzene rings is 1. The number of aliphatic hydroxyl groups excluding tert-OH is 1. The summed E-state index contributed by atoms with van der Waals surface area (Å²) in [5, 5.41) is 14.8. The molecule has 1 aromatic heterocycles. The van der Waals surface area contributed by atoms with E-state index >= 15 is 0 Å². The Morgan fingerprint density at radius 2 is 2.03 bits per heavy atom. The van der Waals surface area contributed by atoms with Gasteiger partial charge in [0, 0.05) is 36.8 Å². The van der Waals surface area contributed by atoms with Crippen LogP contribution in [0.3, 0.4) is 0 Å². The Morgan fingerprint density at radius 3 is 2.72 bits per heavy atom. The highest BCUT2D eigenvalue weighted by molar-refractivity contribution is 7.93. The number of likely N-dealkylation sites (tertiary alicyclic amines) is 1. The molecule has 1 aromatic carbocycles. The first kappa shape index (κ1) is 20.8. The maximum absolute atomic E-state index is 14.7. The van der Waals surface area contributed by atoms with Crippen molar-refractivity contribution in [1.82, 2.24) is 9.88 Å².